The molecule has 1 saturated heterocycles. The molecule has 2 rings (SSSR count). The van der Waals surface area contributed by atoms with E-state index in [1.807, 2.05) is 0 Å². The first-order chi connectivity index (χ1) is 7.91. The molecule has 1 saturated carbocycles. The van der Waals surface area contributed by atoms with Crippen LogP contribution >= 0.6 is 0 Å². The van der Waals surface area contributed by atoms with Crippen LogP contribution in [0.5, 0.6) is 0 Å². The lowest BCUT2D eigenvalue weighted by Crippen LogP contribution is -2.55. The summed E-state index contributed by atoms with van der Waals surface area (Å²) in [6.45, 7) is 7.83. The first-order valence-corrected chi connectivity index (χ1v) is 7.00. The van der Waals surface area contributed by atoms with Crippen LogP contribution in [0.3, 0.4) is 0 Å². The number of ether oxygens (including phenoxy) is 1. The van der Waals surface area contributed by atoms with Crippen molar-refractivity contribution >= 4 is 0 Å². The quantitative estimate of drug-likeness (QED) is 0.802. The molecule has 3 nitrogen and oxygen atoms in total. The van der Waals surface area contributed by atoms with Gasteiger partial charge in [0.05, 0.1) is 6.10 Å². The summed E-state index contributed by atoms with van der Waals surface area (Å²) in [6, 6.07) is 1.41. The van der Waals surface area contributed by atoms with Crippen molar-refractivity contribution in [2.75, 3.05) is 13.7 Å². The van der Waals surface area contributed by atoms with Crippen molar-refractivity contribution in [1.29, 1.82) is 0 Å². The van der Waals surface area contributed by atoms with Crippen molar-refractivity contribution in [3.63, 3.8) is 0 Å². The lowest BCUT2D eigenvalue weighted by molar-refractivity contribution is 0.0308. The molecule has 2 N–H and O–H groups in total. The summed E-state index contributed by atoms with van der Waals surface area (Å²) in [6.07, 6.45) is 5.14. The number of hydrogen-bond donors (Lipinski definition) is 1. The summed E-state index contributed by atoms with van der Waals surface area (Å²) in [7, 11) is 2.24. The van der Waals surface area contributed by atoms with E-state index in [0.717, 1.165) is 19.4 Å². The van der Waals surface area contributed by atoms with Crippen molar-refractivity contribution in [2.45, 2.75) is 70.7 Å². The minimum Gasteiger partial charge on any atom is -0.377 e. The average molecular weight is 240 g/mol. The topological polar surface area (TPSA) is 38.5 Å². The molecule has 1 heterocycles. The van der Waals surface area contributed by atoms with Gasteiger partial charge in [0.15, 0.2) is 0 Å². The van der Waals surface area contributed by atoms with E-state index >= 15 is 0 Å². The molecule has 17 heavy (non-hydrogen) atoms. The molecule has 4 unspecified atom stereocenters. The monoisotopic (exact) mass is 240 g/mol. The Morgan fingerprint density at radius 3 is 2.53 bits per heavy atom. The van der Waals surface area contributed by atoms with E-state index in [9.17, 15) is 0 Å². The predicted molar refractivity (Wildman–Crippen MR) is 71.0 cm³/mol. The van der Waals surface area contributed by atoms with E-state index < -0.39 is 0 Å². The first kappa shape index (κ1) is 13.3. The minimum absolute atomic E-state index is 0.334. The van der Waals surface area contributed by atoms with E-state index in [0.29, 0.717) is 29.6 Å². The van der Waals surface area contributed by atoms with Gasteiger partial charge in [0.2, 0.25) is 0 Å². The lowest BCUT2D eigenvalue weighted by Gasteiger charge is -2.45. The molecule has 0 aromatic heterocycles. The second-order valence-corrected chi connectivity index (χ2v) is 6.74. The summed E-state index contributed by atoms with van der Waals surface area (Å²) >= 11 is 0. The standard InChI is InChI=1S/C14H28N2O/c1-10-12(6-8-17-10)16(4)13-9-14(2,3)7-5-11(13)15/h10-13H,5-9,15H2,1-4H3. The zero-order chi connectivity index (χ0) is 12.6. The second kappa shape index (κ2) is 4.87. The van der Waals surface area contributed by atoms with Gasteiger partial charge in [0.1, 0.15) is 0 Å². The maximum Gasteiger partial charge on any atom is 0.0703 e. The highest BCUT2D eigenvalue weighted by Gasteiger charge is 2.39. The number of nitrogens with two attached hydrogens (primary N) is 1. The molecule has 0 amide bonds. The summed E-state index contributed by atoms with van der Waals surface area (Å²) in [4.78, 5) is 2.50. The maximum atomic E-state index is 6.33. The fourth-order valence-corrected chi connectivity index (χ4v) is 3.52. The van der Waals surface area contributed by atoms with Crippen molar-refractivity contribution in [2.24, 2.45) is 11.1 Å². The highest BCUT2D eigenvalue weighted by Crippen LogP contribution is 2.38. The summed E-state index contributed by atoms with van der Waals surface area (Å²) < 4.78 is 5.68. The molecule has 3 heteroatoms. The van der Waals surface area contributed by atoms with Gasteiger partial charge in [0.25, 0.3) is 0 Å². The molecule has 0 aromatic rings. The zero-order valence-corrected chi connectivity index (χ0v) is 11.8. The third-order valence-corrected chi connectivity index (χ3v) is 4.79. The maximum absolute atomic E-state index is 6.33. The van der Waals surface area contributed by atoms with Gasteiger partial charge in [-0.15, -0.1) is 0 Å². The van der Waals surface area contributed by atoms with Crippen LogP contribution in [0.25, 0.3) is 0 Å². The molecule has 100 valence electrons. The Labute approximate surface area is 106 Å². The van der Waals surface area contributed by atoms with Crippen molar-refractivity contribution in [1.82, 2.24) is 4.90 Å². The molecular weight excluding hydrogens is 212 g/mol. The van der Waals surface area contributed by atoms with Crippen molar-refractivity contribution in [3.8, 4) is 0 Å². The van der Waals surface area contributed by atoms with Crippen LogP contribution in [-0.2, 0) is 4.74 Å². The molecule has 1 aliphatic carbocycles. The predicted octanol–water partition coefficient (Wildman–Crippen LogP) is 2.00. The molecule has 1 aliphatic heterocycles. The van der Waals surface area contributed by atoms with E-state index in [1.54, 1.807) is 0 Å². The summed E-state index contributed by atoms with van der Waals surface area (Å²) in [5, 5.41) is 0. The van der Waals surface area contributed by atoms with E-state index in [2.05, 4.69) is 32.7 Å². The van der Waals surface area contributed by atoms with Crippen molar-refractivity contribution in [3.05, 3.63) is 0 Å². The van der Waals surface area contributed by atoms with E-state index in [1.165, 1.54) is 12.8 Å². The third kappa shape index (κ3) is 2.83. The van der Waals surface area contributed by atoms with Crippen LogP contribution in [0, 0.1) is 5.41 Å². The van der Waals surface area contributed by atoms with Crippen LogP contribution in [0.2, 0.25) is 0 Å². The molecule has 0 aromatic carbocycles. The normalized spacial score (nSPS) is 42.0. The van der Waals surface area contributed by atoms with Gasteiger partial charge >= 0.3 is 0 Å². The molecule has 0 radical (unpaired) electrons. The van der Waals surface area contributed by atoms with E-state index in [4.69, 9.17) is 10.5 Å². The van der Waals surface area contributed by atoms with Gasteiger partial charge in [-0.25, -0.2) is 0 Å². The number of likely N-dealkylation sites (N-methyl/N-ethyl adjacent to an activating group) is 1. The van der Waals surface area contributed by atoms with Gasteiger partial charge in [-0.05, 0) is 45.1 Å². The smallest absolute Gasteiger partial charge is 0.0703 e. The Hall–Kier alpha value is -0.120. The average Bonchev–Trinajstić information content (AvgIpc) is 2.67. The Morgan fingerprint density at radius 2 is 1.94 bits per heavy atom. The Bertz CT molecular complexity index is 267. The van der Waals surface area contributed by atoms with Gasteiger partial charge in [-0.2, -0.15) is 0 Å². The number of nitrogens with zero attached hydrogens (tertiary/aromatic N) is 1. The SMILES string of the molecule is CC1OCCC1N(C)C1CC(C)(C)CCC1N. The Morgan fingerprint density at radius 1 is 1.24 bits per heavy atom. The Balaban J connectivity index is 2.04. The fourth-order valence-electron chi connectivity index (χ4n) is 3.52. The number of hydrogen-bond acceptors (Lipinski definition) is 3. The molecular formula is C14H28N2O. The van der Waals surface area contributed by atoms with Crippen LogP contribution < -0.4 is 5.73 Å². The molecule has 2 aliphatic rings. The second-order valence-electron chi connectivity index (χ2n) is 6.74. The van der Waals surface area contributed by atoms with Crippen LogP contribution in [0.15, 0.2) is 0 Å². The lowest BCUT2D eigenvalue weighted by atomic mass is 9.72. The van der Waals surface area contributed by atoms with Crippen LogP contribution in [0.4, 0.5) is 0 Å². The highest BCUT2D eigenvalue weighted by atomic mass is 16.5. The van der Waals surface area contributed by atoms with Gasteiger partial charge in [-0.1, -0.05) is 13.8 Å². The largest absolute Gasteiger partial charge is 0.377 e. The first-order valence-electron chi connectivity index (χ1n) is 7.00. The minimum atomic E-state index is 0.334. The fraction of sp³-hybridized carbons (Fsp3) is 1.00. The molecule has 0 bridgehead atoms. The van der Waals surface area contributed by atoms with Gasteiger partial charge < -0.3 is 10.5 Å². The summed E-state index contributed by atoms with van der Waals surface area (Å²) in [5.41, 5.74) is 6.77. The van der Waals surface area contributed by atoms with Crippen LogP contribution in [0.1, 0.15) is 46.5 Å². The van der Waals surface area contributed by atoms with Crippen LogP contribution in [-0.4, -0.2) is 42.8 Å². The zero-order valence-electron chi connectivity index (χ0n) is 11.8. The molecule has 4 atom stereocenters. The van der Waals surface area contributed by atoms with E-state index in [-0.39, 0.29) is 0 Å². The third-order valence-electron chi connectivity index (χ3n) is 4.79. The highest BCUT2D eigenvalue weighted by molar-refractivity contribution is 4.95. The number of rotatable bonds is 2. The van der Waals surface area contributed by atoms with Gasteiger partial charge in [-0.3, -0.25) is 4.90 Å². The Kier molecular flexibility index (Phi) is 3.81. The molecule has 0 spiro atoms. The molecule has 2 fully saturated rings. The van der Waals surface area contributed by atoms with Crippen molar-refractivity contribution < 1.29 is 4.74 Å². The van der Waals surface area contributed by atoms with Gasteiger partial charge in [0, 0.05) is 24.7 Å². The summed E-state index contributed by atoms with van der Waals surface area (Å²) in [5.74, 6) is 0.